The summed E-state index contributed by atoms with van der Waals surface area (Å²) in [6, 6.07) is 0.534. The van der Waals surface area contributed by atoms with E-state index in [0.717, 1.165) is 32.4 Å². The summed E-state index contributed by atoms with van der Waals surface area (Å²) in [5.74, 6) is 0.361. The van der Waals surface area contributed by atoms with Crippen LogP contribution in [0.4, 0.5) is 0 Å². The first-order chi connectivity index (χ1) is 9.06. The fourth-order valence-electron chi connectivity index (χ4n) is 3.77. The Balaban J connectivity index is 2.04. The van der Waals surface area contributed by atoms with Crippen molar-refractivity contribution in [2.45, 2.75) is 77.8 Å². The molecule has 1 heterocycles. The van der Waals surface area contributed by atoms with Gasteiger partial charge in [0, 0.05) is 12.6 Å². The van der Waals surface area contributed by atoms with Gasteiger partial charge in [0.1, 0.15) is 0 Å². The van der Waals surface area contributed by atoms with E-state index in [0.29, 0.717) is 17.4 Å². The maximum atomic E-state index is 12.7. The first-order valence-electron chi connectivity index (χ1n) is 8.10. The topological polar surface area (TPSA) is 32.3 Å². The van der Waals surface area contributed by atoms with Crippen LogP contribution >= 0.6 is 0 Å². The number of hydrogen-bond acceptors (Lipinski definition) is 2. The monoisotopic (exact) mass is 266 g/mol. The second kappa shape index (κ2) is 6.25. The van der Waals surface area contributed by atoms with Gasteiger partial charge in [-0.2, -0.15) is 0 Å². The van der Waals surface area contributed by atoms with Gasteiger partial charge >= 0.3 is 0 Å². The summed E-state index contributed by atoms with van der Waals surface area (Å²) >= 11 is 0. The van der Waals surface area contributed by atoms with Gasteiger partial charge in [0.15, 0.2) is 0 Å². The summed E-state index contributed by atoms with van der Waals surface area (Å²) in [7, 11) is 0. The molecular formula is C16H30N2O. The molecule has 1 N–H and O–H groups in total. The van der Waals surface area contributed by atoms with Crippen molar-refractivity contribution in [1.82, 2.24) is 10.2 Å². The van der Waals surface area contributed by atoms with Crippen LogP contribution < -0.4 is 5.32 Å². The smallest absolute Gasteiger partial charge is 0.239 e. The minimum atomic E-state index is 0.0754. The summed E-state index contributed by atoms with van der Waals surface area (Å²) in [5.41, 5.74) is 0.292. The van der Waals surface area contributed by atoms with Crippen LogP contribution in [-0.2, 0) is 4.79 Å². The predicted molar refractivity (Wildman–Crippen MR) is 79.1 cm³/mol. The SMILES string of the molecule is CCCNC1CCCN(C2CCCCC2(C)C)C1=O. The molecule has 1 saturated carbocycles. The Morgan fingerprint density at radius 2 is 2.05 bits per heavy atom. The van der Waals surface area contributed by atoms with E-state index in [9.17, 15) is 4.79 Å². The van der Waals surface area contributed by atoms with Crippen molar-refractivity contribution in [1.29, 1.82) is 0 Å². The Bertz CT molecular complexity index is 314. The standard InChI is InChI=1S/C16H30N2O/c1-4-11-17-13-8-7-12-18(15(13)19)14-9-5-6-10-16(14,2)3/h13-14,17H,4-12H2,1-3H3. The molecule has 19 heavy (non-hydrogen) atoms. The van der Waals surface area contributed by atoms with Gasteiger partial charge in [-0.3, -0.25) is 4.79 Å². The van der Waals surface area contributed by atoms with Crippen LogP contribution in [0.5, 0.6) is 0 Å². The molecule has 0 aromatic rings. The molecule has 2 aliphatic rings. The Kier molecular flexibility index (Phi) is 4.88. The Labute approximate surface area is 118 Å². The number of nitrogens with one attached hydrogen (secondary N) is 1. The predicted octanol–water partition coefficient (Wildman–Crippen LogP) is 2.95. The maximum Gasteiger partial charge on any atom is 0.239 e. The van der Waals surface area contributed by atoms with Gasteiger partial charge in [0.05, 0.1) is 6.04 Å². The zero-order chi connectivity index (χ0) is 13.9. The van der Waals surface area contributed by atoms with E-state index in [4.69, 9.17) is 0 Å². The van der Waals surface area contributed by atoms with E-state index in [1.807, 2.05) is 0 Å². The van der Waals surface area contributed by atoms with Crippen molar-refractivity contribution in [2.24, 2.45) is 5.41 Å². The summed E-state index contributed by atoms with van der Waals surface area (Å²) in [6.07, 6.45) is 8.32. The third-order valence-electron chi connectivity index (χ3n) is 4.94. The zero-order valence-electron chi connectivity index (χ0n) is 12.9. The van der Waals surface area contributed by atoms with Gasteiger partial charge in [0.2, 0.25) is 5.91 Å². The van der Waals surface area contributed by atoms with E-state index >= 15 is 0 Å². The molecule has 2 rings (SSSR count). The normalized spacial score (nSPS) is 31.5. The summed E-state index contributed by atoms with van der Waals surface area (Å²) in [6.45, 7) is 8.76. The molecule has 3 heteroatoms. The lowest BCUT2D eigenvalue weighted by Crippen LogP contribution is -2.58. The maximum absolute atomic E-state index is 12.7. The van der Waals surface area contributed by atoms with Crippen LogP contribution in [0.1, 0.15) is 65.7 Å². The second-order valence-electron chi connectivity index (χ2n) is 6.93. The highest BCUT2D eigenvalue weighted by Gasteiger charge is 2.41. The van der Waals surface area contributed by atoms with E-state index in [1.54, 1.807) is 0 Å². The number of carbonyl (C=O) groups is 1. The van der Waals surface area contributed by atoms with E-state index in [-0.39, 0.29) is 6.04 Å². The van der Waals surface area contributed by atoms with E-state index in [1.165, 1.54) is 25.7 Å². The molecular weight excluding hydrogens is 236 g/mol. The van der Waals surface area contributed by atoms with Crippen molar-refractivity contribution in [2.75, 3.05) is 13.1 Å². The number of amides is 1. The van der Waals surface area contributed by atoms with Crippen molar-refractivity contribution in [3.05, 3.63) is 0 Å². The molecule has 2 fully saturated rings. The van der Waals surface area contributed by atoms with Gasteiger partial charge in [-0.05, 0) is 44.1 Å². The molecule has 1 aliphatic heterocycles. The number of piperidine rings is 1. The molecule has 1 saturated heterocycles. The number of carbonyl (C=O) groups excluding carboxylic acids is 1. The Morgan fingerprint density at radius 3 is 2.74 bits per heavy atom. The van der Waals surface area contributed by atoms with Crippen LogP contribution in [0.25, 0.3) is 0 Å². The van der Waals surface area contributed by atoms with Gasteiger partial charge in [-0.1, -0.05) is 33.6 Å². The van der Waals surface area contributed by atoms with E-state index < -0.39 is 0 Å². The summed E-state index contributed by atoms with van der Waals surface area (Å²) in [4.78, 5) is 14.9. The quantitative estimate of drug-likeness (QED) is 0.848. The molecule has 1 aliphatic carbocycles. The van der Waals surface area contributed by atoms with Gasteiger partial charge in [0.25, 0.3) is 0 Å². The second-order valence-corrected chi connectivity index (χ2v) is 6.93. The van der Waals surface area contributed by atoms with Crippen molar-refractivity contribution >= 4 is 5.91 Å². The minimum Gasteiger partial charge on any atom is -0.338 e. The first-order valence-corrected chi connectivity index (χ1v) is 8.10. The van der Waals surface area contributed by atoms with Crippen LogP contribution in [0.15, 0.2) is 0 Å². The molecule has 0 radical (unpaired) electrons. The third kappa shape index (κ3) is 3.31. The molecule has 0 bridgehead atoms. The molecule has 0 aromatic heterocycles. The zero-order valence-corrected chi connectivity index (χ0v) is 12.9. The van der Waals surface area contributed by atoms with Crippen molar-refractivity contribution in [3.63, 3.8) is 0 Å². The van der Waals surface area contributed by atoms with Crippen molar-refractivity contribution < 1.29 is 4.79 Å². The summed E-state index contributed by atoms with van der Waals surface area (Å²) in [5, 5.41) is 3.43. The molecule has 0 aromatic carbocycles. The number of hydrogen-bond donors (Lipinski definition) is 1. The largest absolute Gasteiger partial charge is 0.338 e. The number of nitrogens with zero attached hydrogens (tertiary/aromatic N) is 1. The van der Waals surface area contributed by atoms with Crippen LogP contribution in [-0.4, -0.2) is 36.0 Å². The van der Waals surface area contributed by atoms with Crippen LogP contribution in [0.3, 0.4) is 0 Å². The lowest BCUT2D eigenvalue weighted by atomic mass is 9.72. The molecule has 110 valence electrons. The van der Waals surface area contributed by atoms with Crippen LogP contribution in [0, 0.1) is 5.41 Å². The number of rotatable bonds is 4. The highest BCUT2D eigenvalue weighted by molar-refractivity contribution is 5.83. The number of likely N-dealkylation sites (tertiary alicyclic amines) is 1. The van der Waals surface area contributed by atoms with Gasteiger partial charge in [-0.15, -0.1) is 0 Å². The molecule has 2 unspecified atom stereocenters. The fourth-order valence-corrected chi connectivity index (χ4v) is 3.77. The van der Waals surface area contributed by atoms with Crippen molar-refractivity contribution in [3.8, 4) is 0 Å². The lowest BCUT2D eigenvalue weighted by molar-refractivity contribution is -0.142. The average Bonchev–Trinajstić information content (AvgIpc) is 2.38. The average molecular weight is 266 g/mol. The Morgan fingerprint density at radius 1 is 1.26 bits per heavy atom. The molecule has 3 nitrogen and oxygen atoms in total. The highest BCUT2D eigenvalue weighted by Crippen LogP contribution is 2.39. The van der Waals surface area contributed by atoms with Gasteiger partial charge in [-0.25, -0.2) is 0 Å². The lowest BCUT2D eigenvalue weighted by Gasteiger charge is -2.48. The molecule has 2 atom stereocenters. The molecule has 0 spiro atoms. The Hall–Kier alpha value is -0.570. The fraction of sp³-hybridized carbons (Fsp3) is 0.938. The summed E-state index contributed by atoms with van der Waals surface area (Å²) < 4.78 is 0. The first kappa shape index (κ1) is 14.8. The minimum absolute atomic E-state index is 0.0754. The van der Waals surface area contributed by atoms with E-state index in [2.05, 4.69) is 31.0 Å². The highest BCUT2D eigenvalue weighted by atomic mass is 16.2. The third-order valence-corrected chi connectivity index (χ3v) is 4.94. The van der Waals surface area contributed by atoms with Crippen LogP contribution in [0.2, 0.25) is 0 Å². The molecule has 1 amide bonds. The van der Waals surface area contributed by atoms with Gasteiger partial charge < -0.3 is 10.2 Å².